The van der Waals surface area contributed by atoms with E-state index in [4.69, 9.17) is 9.84 Å². The molecular formula is C13H15N3O4. The Morgan fingerprint density at radius 3 is 2.85 bits per heavy atom. The fraction of sp³-hybridized carbons (Fsp3) is 0.308. The van der Waals surface area contributed by atoms with Crippen LogP contribution in [0.25, 0.3) is 6.08 Å². The van der Waals surface area contributed by atoms with Gasteiger partial charge in [0.2, 0.25) is 0 Å². The zero-order valence-corrected chi connectivity index (χ0v) is 10.8. The number of nitrogens with zero attached hydrogens (tertiary/aromatic N) is 2. The summed E-state index contributed by atoms with van der Waals surface area (Å²) in [4.78, 5) is 28.1. The van der Waals surface area contributed by atoms with Crippen molar-refractivity contribution in [2.24, 2.45) is 0 Å². The topological polar surface area (TPSA) is 91.8 Å². The Hall–Kier alpha value is -2.41. The predicted octanol–water partition coefficient (Wildman–Crippen LogP) is 1.04. The van der Waals surface area contributed by atoms with Gasteiger partial charge >= 0.3 is 12.0 Å². The van der Waals surface area contributed by atoms with Gasteiger partial charge < -0.3 is 14.7 Å². The number of nitrogens with one attached hydrogen (secondary N) is 1. The fourth-order valence-electron chi connectivity index (χ4n) is 1.74. The molecule has 2 N–H and O–H groups in total. The molecule has 2 rings (SSSR count). The number of aliphatic carboxylic acids is 1. The van der Waals surface area contributed by atoms with Gasteiger partial charge in [-0.3, -0.25) is 5.32 Å². The average molecular weight is 277 g/mol. The number of carboxylic acids is 1. The number of urea groups is 1. The van der Waals surface area contributed by atoms with Gasteiger partial charge in [-0.05, 0) is 23.8 Å². The maximum absolute atomic E-state index is 12.0. The van der Waals surface area contributed by atoms with Gasteiger partial charge in [-0.25, -0.2) is 14.6 Å². The number of rotatable bonds is 3. The van der Waals surface area contributed by atoms with Crippen molar-refractivity contribution < 1.29 is 19.4 Å². The lowest BCUT2D eigenvalue weighted by molar-refractivity contribution is -0.131. The molecule has 0 aliphatic carbocycles. The monoisotopic (exact) mass is 277 g/mol. The van der Waals surface area contributed by atoms with Gasteiger partial charge in [-0.1, -0.05) is 0 Å². The molecule has 2 heterocycles. The number of pyridine rings is 1. The molecule has 0 radical (unpaired) electrons. The van der Waals surface area contributed by atoms with Crippen molar-refractivity contribution in [3.63, 3.8) is 0 Å². The summed E-state index contributed by atoms with van der Waals surface area (Å²) in [7, 11) is 0. The summed E-state index contributed by atoms with van der Waals surface area (Å²) in [5.74, 6) is -0.644. The van der Waals surface area contributed by atoms with Crippen LogP contribution in [-0.2, 0) is 9.53 Å². The van der Waals surface area contributed by atoms with Crippen molar-refractivity contribution in [3.05, 3.63) is 30.0 Å². The highest BCUT2D eigenvalue weighted by Gasteiger charge is 2.16. The SMILES string of the molecule is O=C(O)/C=C/c1ccnc(NC(=O)N2CCOCC2)c1. The van der Waals surface area contributed by atoms with Crippen LogP contribution >= 0.6 is 0 Å². The lowest BCUT2D eigenvalue weighted by Crippen LogP contribution is -2.43. The highest BCUT2D eigenvalue weighted by atomic mass is 16.5. The molecule has 1 aliphatic rings. The lowest BCUT2D eigenvalue weighted by Gasteiger charge is -2.26. The molecule has 7 nitrogen and oxygen atoms in total. The van der Waals surface area contributed by atoms with Gasteiger partial charge in [0, 0.05) is 25.4 Å². The first-order valence-electron chi connectivity index (χ1n) is 6.16. The van der Waals surface area contributed by atoms with Crippen LogP contribution in [0.3, 0.4) is 0 Å². The summed E-state index contributed by atoms with van der Waals surface area (Å²) in [5, 5.41) is 11.2. The van der Waals surface area contributed by atoms with Gasteiger partial charge in [0.25, 0.3) is 0 Å². The molecule has 0 bridgehead atoms. The van der Waals surface area contributed by atoms with Crippen molar-refractivity contribution in [3.8, 4) is 0 Å². The normalized spacial score (nSPS) is 15.3. The van der Waals surface area contributed by atoms with Gasteiger partial charge in [-0.15, -0.1) is 0 Å². The van der Waals surface area contributed by atoms with Crippen molar-refractivity contribution >= 4 is 23.9 Å². The number of aromatic nitrogens is 1. The molecule has 1 aliphatic heterocycles. The van der Waals surface area contributed by atoms with Gasteiger partial charge in [0.15, 0.2) is 0 Å². The molecule has 2 amide bonds. The minimum Gasteiger partial charge on any atom is -0.478 e. The second kappa shape index (κ2) is 6.67. The third-order valence-corrected chi connectivity index (χ3v) is 2.74. The summed E-state index contributed by atoms with van der Waals surface area (Å²) in [5.41, 5.74) is 0.652. The Bertz CT molecular complexity index is 524. The van der Waals surface area contributed by atoms with Gasteiger partial charge in [0.1, 0.15) is 5.82 Å². The standard InChI is InChI=1S/C13H15N3O4/c17-12(18)2-1-10-3-4-14-11(9-10)15-13(19)16-5-7-20-8-6-16/h1-4,9H,5-8H2,(H,17,18)(H,14,15,19)/b2-1+. The molecule has 1 aromatic heterocycles. The van der Waals surface area contributed by atoms with Crippen LogP contribution in [-0.4, -0.2) is 53.3 Å². The van der Waals surface area contributed by atoms with E-state index in [-0.39, 0.29) is 6.03 Å². The zero-order chi connectivity index (χ0) is 14.4. The fourth-order valence-corrected chi connectivity index (χ4v) is 1.74. The maximum atomic E-state index is 12.0. The molecule has 20 heavy (non-hydrogen) atoms. The third kappa shape index (κ3) is 4.06. The minimum atomic E-state index is -1.03. The summed E-state index contributed by atoms with van der Waals surface area (Å²) in [6.07, 6.45) is 3.98. The molecule has 1 fully saturated rings. The van der Waals surface area contributed by atoms with E-state index >= 15 is 0 Å². The van der Waals surface area contributed by atoms with Crippen molar-refractivity contribution in [2.45, 2.75) is 0 Å². The Kier molecular flexibility index (Phi) is 4.67. The van der Waals surface area contributed by atoms with E-state index in [9.17, 15) is 9.59 Å². The Morgan fingerprint density at radius 1 is 1.40 bits per heavy atom. The molecule has 0 spiro atoms. The average Bonchev–Trinajstić information content (AvgIpc) is 2.46. The summed E-state index contributed by atoms with van der Waals surface area (Å²) in [6, 6.07) is 3.03. The second-order valence-corrected chi connectivity index (χ2v) is 4.18. The van der Waals surface area contributed by atoms with Crippen LogP contribution in [0, 0.1) is 0 Å². The van der Waals surface area contributed by atoms with E-state index in [1.165, 1.54) is 12.3 Å². The molecule has 0 unspecified atom stereocenters. The largest absolute Gasteiger partial charge is 0.478 e. The van der Waals surface area contributed by atoms with E-state index in [1.54, 1.807) is 17.0 Å². The van der Waals surface area contributed by atoms with E-state index < -0.39 is 5.97 Å². The number of hydrogen-bond acceptors (Lipinski definition) is 4. The van der Waals surface area contributed by atoms with Crippen LogP contribution in [0.1, 0.15) is 5.56 Å². The second-order valence-electron chi connectivity index (χ2n) is 4.18. The van der Waals surface area contributed by atoms with Gasteiger partial charge in [0.05, 0.1) is 13.2 Å². The first-order chi connectivity index (χ1) is 9.65. The molecule has 1 aromatic rings. The van der Waals surface area contributed by atoms with Crippen LogP contribution in [0.5, 0.6) is 0 Å². The van der Waals surface area contributed by atoms with E-state index in [0.29, 0.717) is 37.7 Å². The highest BCUT2D eigenvalue weighted by molar-refractivity contribution is 5.89. The number of amides is 2. The van der Waals surface area contributed by atoms with E-state index in [1.807, 2.05) is 0 Å². The van der Waals surface area contributed by atoms with E-state index in [0.717, 1.165) is 6.08 Å². The molecule has 1 saturated heterocycles. The predicted molar refractivity (Wildman–Crippen MR) is 72.3 cm³/mol. The van der Waals surface area contributed by atoms with Crippen molar-refractivity contribution in [2.75, 3.05) is 31.6 Å². The molecule has 0 saturated carbocycles. The maximum Gasteiger partial charge on any atom is 0.328 e. The quantitative estimate of drug-likeness (QED) is 0.805. The molecule has 0 aromatic carbocycles. The molecule has 0 atom stereocenters. The summed E-state index contributed by atoms with van der Waals surface area (Å²) < 4.78 is 5.17. The number of ether oxygens (including phenoxy) is 1. The van der Waals surface area contributed by atoms with Gasteiger partial charge in [-0.2, -0.15) is 0 Å². The molecular weight excluding hydrogens is 262 g/mol. The smallest absolute Gasteiger partial charge is 0.328 e. The minimum absolute atomic E-state index is 0.236. The Labute approximate surface area is 115 Å². The number of carbonyl (C=O) groups excluding carboxylic acids is 1. The number of anilines is 1. The number of carbonyl (C=O) groups is 2. The third-order valence-electron chi connectivity index (χ3n) is 2.74. The van der Waals surface area contributed by atoms with E-state index in [2.05, 4.69) is 10.3 Å². The summed E-state index contributed by atoms with van der Waals surface area (Å²) in [6.45, 7) is 2.15. The first-order valence-corrected chi connectivity index (χ1v) is 6.16. The Morgan fingerprint density at radius 2 is 2.15 bits per heavy atom. The first kappa shape index (κ1) is 14.0. The lowest BCUT2D eigenvalue weighted by atomic mass is 10.2. The number of morpholine rings is 1. The number of hydrogen-bond donors (Lipinski definition) is 2. The zero-order valence-electron chi connectivity index (χ0n) is 10.8. The van der Waals surface area contributed by atoms with Crippen LogP contribution in [0.4, 0.5) is 10.6 Å². The van der Waals surface area contributed by atoms with Crippen LogP contribution in [0.2, 0.25) is 0 Å². The van der Waals surface area contributed by atoms with Crippen LogP contribution in [0.15, 0.2) is 24.4 Å². The molecule has 106 valence electrons. The van der Waals surface area contributed by atoms with Crippen molar-refractivity contribution in [1.82, 2.24) is 9.88 Å². The highest BCUT2D eigenvalue weighted by Crippen LogP contribution is 2.10. The van der Waals surface area contributed by atoms with Crippen LogP contribution < -0.4 is 5.32 Å². The van der Waals surface area contributed by atoms with Crippen molar-refractivity contribution in [1.29, 1.82) is 0 Å². The molecule has 7 heteroatoms. The summed E-state index contributed by atoms with van der Waals surface area (Å²) >= 11 is 0. The Balaban J connectivity index is 2.00. The number of carboxylic acid groups (broad SMARTS) is 1.